The summed E-state index contributed by atoms with van der Waals surface area (Å²) in [6.45, 7) is 0. The molecule has 6 aliphatic rings. The van der Waals surface area contributed by atoms with Crippen molar-refractivity contribution in [1.29, 1.82) is 0 Å². The van der Waals surface area contributed by atoms with Crippen molar-refractivity contribution in [3.8, 4) is 33.4 Å². The molecule has 2 heteroatoms. The predicted molar refractivity (Wildman–Crippen MR) is 228 cm³/mol. The molecule has 6 saturated carbocycles. The van der Waals surface area contributed by atoms with Crippen LogP contribution in [0, 0.1) is 5.92 Å². The van der Waals surface area contributed by atoms with E-state index in [1.807, 2.05) is 0 Å². The van der Waals surface area contributed by atoms with Crippen LogP contribution >= 0.6 is 15.9 Å². The van der Waals surface area contributed by atoms with Gasteiger partial charge in [-0.15, -0.1) is 0 Å². The van der Waals surface area contributed by atoms with Crippen LogP contribution in [0.15, 0.2) is 142 Å². The monoisotopic (exact) mass is 766 g/mol. The molecular formula is C52H47BrO. The topological polar surface area (TPSA) is 13.1 Å². The van der Waals surface area contributed by atoms with Crippen LogP contribution in [0.3, 0.4) is 0 Å². The Balaban J connectivity index is 0.757. The first kappa shape index (κ1) is 33.0. The van der Waals surface area contributed by atoms with Crippen LogP contribution < -0.4 is 0 Å². The smallest absolute Gasteiger partial charge is 0.136 e. The maximum absolute atomic E-state index is 6.24. The molecule has 1 heterocycles. The zero-order valence-corrected chi connectivity index (χ0v) is 32.6. The molecule has 0 spiro atoms. The summed E-state index contributed by atoms with van der Waals surface area (Å²) in [5.41, 5.74) is 15.4. The number of hydrogen-bond donors (Lipinski definition) is 0. The fourth-order valence-electron chi connectivity index (χ4n) is 11.6. The first-order valence-corrected chi connectivity index (χ1v) is 21.3. The third-order valence-corrected chi connectivity index (χ3v) is 15.6. The van der Waals surface area contributed by atoms with E-state index in [4.69, 9.17) is 4.42 Å². The lowest BCUT2D eigenvalue weighted by molar-refractivity contribution is 0.102. The molecule has 6 aromatic carbocycles. The largest absolute Gasteiger partial charge is 0.456 e. The van der Waals surface area contributed by atoms with E-state index < -0.39 is 0 Å². The van der Waals surface area contributed by atoms with Crippen LogP contribution in [-0.2, 0) is 16.2 Å². The second-order valence-corrected chi connectivity index (χ2v) is 18.5. The first-order chi connectivity index (χ1) is 26.5. The van der Waals surface area contributed by atoms with Gasteiger partial charge in [-0.3, -0.25) is 0 Å². The van der Waals surface area contributed by atoms with E-state index in [1.165, 1.54) is 121 Å². The molecule has 268 valence electrons. The fraction of sp³-hybridized carbons (Fsp3) is 0.308. The summed E-state index contributed by atoms with van der Waals surface area (Å²) < 4.78 is 7.28. The zero-order valence-electron chi connectivity index (χ0n) is 31.1. The molecule has 54 heavy (non-hydrogen) atoms. The molecular weight excluding hydrogens is 720 g/mol. The van der Waals surface area contributed by atoms with Crippen molar-refractivity contribution in [3.05, 3.63) is 155 Å². The molecule has 0 saturated heterocycles. The molecule has 13 rings (SSSR count). The number of benzene rings is 6. The maximum atomic E-state index is 6.24. The van der Waals surface area contributed by atoms with Crippen molar-refractivity contribution in [2.75, 3.05) is 0 Å². The molecule has 6 fully saturated rings. The highest BCUT2D eigenvalue weighted by molar-refractivity contribution is 9.10. The Morgan fingerprint density at radius 2 is 0.704 bits per heavy atom. The van der Waals surface area contributed by atoms with Gasteiger partial charge in [-0.05, 0) is 180 Å². The lowest BCUT2D eigenvalue weighted by Gasteiger charge is -2.54. The molecule has 7 aromatic rings. The number of hydrogen-bond acceptors (Lipinski definition) is 1. The van der Waals surface area contributed by atoms with Crippen molar-refractivity contribution >= 4 is 37.9 Å². The molecule has 1 aromatic heterocycles. The Hall–Kier alpha value is -4.40. The molecule has 0 aliphatic heterocycles. The van der Waals surface area contributed by atoms with Gasteiger partial charge in [-0.2, -0.15) is 0 Å². The minimum Gasteiger partial charge on any atom is -0.456 e. The summed E-state index contributed by atoms with van der Waals surface area (Å²) in [5.74, 6) is 1.01. The van der Waals surface area contributed by atoms with Gasteiger partial charge in [0.25, 0.3) is 0 Å². The minimum absolute atomic E-state index is 0.313. The number of furan rings is 1. The van der Waals surface area contributed by atoms with E-state index >= 15 is 0 Å². The average molecular weight is 768 g/mol. The van der Waals surface area contributed by atoms with E-state index in [1.54, 1.807) is 11.1 Å². The minimum atomic E-state index is 0.313. The van der Waals surface area contributed by atoms with Gasteiger partial charge in [0.05, 0.1) is 0 Å². The van der Waals surface area contributed by atoms with E-state index in [-0.39, 0.29) is 0 Å². The Morgan fingerprint density at radius 3 is 1.15 bits per heavy atom. The second kappa shape index (κ2) is 12.6. The van der Waals surface area contributed by atoms with E-state index in [0.29, 0.717) is 16.2 Å². The van der Waals surface area contributed by atoms with Crippen molar-refractivity contribution < 1.29 is 4.42 Å². The zero-order chi connectivity index (χ0) is 35.9. The third kappa shape index (κ3) is 5.38. The number of halogens is 1. The van der Waals surface area contributed by atoms with E-state index in [0.717, 1.165) is 26.9 Å². The van der Waals surface area contributed by atoms with Gasteiger partial charge < -0.3 is 4.42 Å². The van der Waals surface area contributed by atoms with Crippen LogP contribution in [-0.4, -0.2) is 0 Å². The number of rotatable bonds is 6. The molecule has 4 bridgehead atoms. The van der Waals surface area contributed by atoms with Gasteiger partial charge in [-0.25, -0.2) is 0 Å². The van der Waals surface area contributed by atoms with Crippen LogP contribution in [0.5, 0.6) is 0 Å². The summed E-state index contributed by atoms with van der Waals surface area (Å²) in [7, 11) is 0. The highest BCUT2D eigenvalue weighted by Crippen LogP contribution is 2.59. The summed E-state index contributed by atoms with van der Waals surface area (Å²) in [6.07, 6.45) is 16.2. The Morgan fingerprint density at radius 1 is 0.370 bits per heavy atom. The highest BCUT2D eigenvalue weighted by atomic mass is 79.9. The second-order valence-electron chi connectivity index (χ2n) is 17.6. The summed E-state index contributed by atoms with van der Waals surface area (Å²) in [5, 5.41) is 2.34. The molecule has 0 amide bonds. The van der Waals surface area contributed by atoms with Gasteiger partial charge in [0.2, 0.25) is 0 Å². The van der Waals surface area contributed by atoms with Gasteiger partial charge in [-0.1, -0.05) is 119 Å². The van der Waals surface area contributed by atoms with Crippen molar-refractivity contribution in [3.63, 3.8) is 0 Å². The van der Waals surface area contributed by atoms with Gasteiger partial charge in [0.1, 0.15) is 11.2 Å². The van der Waals surface area contributed by atoms with Gasteiger partial charge in [0.15, 0.2) is 0 Å². The summed E-state index contributed by atoms with van der Waals surface area (Å²) in [6, 6.07) is 51.0. The average Bonchev–Trinajstić information content (AvgIpc) is 3.62. The first-order valence-electron chi connectivity index (χ1n) is 20.5. The van der Waals surface area contributed by atoms with Gasteiger partial charge in [0, 0.05) is 15.2 Å². The molecule has 6 aliphatic carbocycles. The molecule has 0 radical (unpaired) electrons. The molecule has 0 atom stereocenters. The van der Waals surface area contributed by atoms with Crippen LogP contribution in [0.25, 0.3) is 55.3 Å². The molecule has 0 N–H and O–H groups in total. The van der Waals surface area contributed by atoms with Crippen LogP contribution in [0.1, 0.15) is 93.7 Å². The third-order valence-electron chi connectivity index (χ3n) is 15.2. The standard InChI is InChI=1S/C52H47BrO/c53-45-18-20-47-46-19-11-41(33-48(46)54-49(47)34-45)40-9-16-44(17-10-40)52-30-27-51(28-31-52,29-32-52)43-14-7-39(8-15-43)37-3-1-36(2-4-37)38-5-12-42(13-6-38)50-24-21-35(22-25-50)23-26-50/h1-20,33-35H,21-32H2. The normalized spacial score (nSPS) is 26.1. The van der Waals surface area contributed by atoms with Gasteiger partial charge >= 0.3 is 0 Å². The molecule has 1 nitrogen and oxygen atoms in total. The van der Waals surface area contributed by atoms with Crippen LogP contribution in [0.2, 0.25) is 0 Å². The Labute approximate surface area is 328 Å². The van der Waals surface area contributed by atoms with Crippen molar-refractivity contribution in [2.45, 2.75) is 93.3 Å². The van der Waals surface area contributed by atoms with E-state index in [2.05, 4.69) is 149 Å². The summed E-state index contributed by atoms with van der Waals surface area (Å²) >= 11 is 3.58. The van der Waals surface area contributed by atoms with Crippen LogP contribution in [0.4, 0.5) is 0 Å². The van der Waals surface area contributed by atoms with E-state index in [9.17, 15) is 0 Å². The Bertz CT molecular complexity index is 2450. The highest BCUT2D eigenvalue weighted by Gasteiger charge is 2.50. The predicted octanol–water partition coefficient (Wildman–Crippen LogP) is 15.1. The lowest BCUT2D eigenvalue weighted by atomic mass is 9.50. The van der Waals surface area contributed by atoms with Crippen molar-refractivity contribution in [1.82, 2.24) is 0 Å². The molecule has 0 unspecified atom stereocenters. The quantitative estimate of drug-likeness (QED) is 0.164. The fourth-order valence-corrected chi connectivity index (χ4v) is 11.9. The maximum Gasteiger partial charge on any atom is 0.136 e. The summed E-state index contributed by atoms with van der Waals surface area (Å²) in [4.78, 5) is 0. The Kier molecular flexibility index (Phi) is 7.68. The lowest BCUT2D eigenvalue weighted by Crippen LogP contribution is -2.46. The SMILES string of the molecule is Brc1ccc2c(c1)oc1cc(-c3ccc(C45CCC(c6ccc(-c7ccc(-c8ccc(C9%10CCC(CC9)CC%10)cc8)cc7)cc6)(CC4)CC5)cc3)ccc12. The van der Waals surface area contributed by atoms with Crippen molar-refractivity contribution in [2.24, 2.45) is 5.92 Å². The number of fused-ring (bicyclic) bond motifs is 9.